The number of ketones is 1. The Morgan fingerprint density at radius 3 is 2.67 bits per heavy atom. The van der Waals surface area contributed by atoms with Gasteiger partial charge in [-0.25, -0.2) is 0 Å². The number of ether oxygens (including phenoxy) is 2. The number of nitrogens with zero attached hydrogens (tertiary/aromatic N) is 1. The molecule has 0 saturated heterocycles. The van der Waals surface area contributed by atoms with E-state index in [1.807, 2.05) is 25.1 Å². The number of carbonyl (C=O) groups is 2. The number of rotatable bonds is 7. The number of benzene rings is 3. The highest BCUT2D eigenvalue weighted by Crippen LogP contribution is 2.43. The number of anilines is 1. The van der Waals surface area contributed by atoms with Gasteiger partial charge in [-0.3, -0.25) is 9.59 Å². The van der Waals surface area contributed by atoms with Crippen LogP contribution in [0.1, 0.15) is 54.0 Å². The Kier molecular flexibility index (Phi) is 6.14. The minimum atomic E-state index is -1.92. The van der Waals surface area contributed by atoms with E-state index in [0.29, 0.717) is 35.2 Å². The molecule has 6 heteroatoms. The quantitative estimate of drug-likeness (QED) is 0.464. The molecule has 1 unspecified atom stereocenters. The number of para-hydroxylation sites is 1. The van der Waals surface area contributed by atoms with Crippen molar-refractivity contribution in [3.05, 3.63) is 94.6 Å². The largest absolute Gasteiger partial charge is 0.454 e. The number of hydrogen-bond donors (Lipinski definition) is 1. The SMILES string of the molecule is Cc1ccc(C(C)C)cc1CN1C(=O)C(O)(CC(=O)C=Cc2ccc3c(c2)OCO3)c2ccccc21. The molecule has 2 heterocycles. The maximum Gasteiger partial charge on any atom is 0.264 e. The van der Waals surface area contributed by atoms with Gasteiger partial charge < -0.3 is 19.5 Å². The smallest absolute Gasteiger partial charge is 0.264 e. The predicted octanol–water partition coefficient (Wildman–Crippen LogP) is 5.25. The fourth-order valence-corrected chi connectivity index (χ4v) is 4.74. The van der Waals surface area contributed by atoms with Crippen LogP contribution in [0.25, 0.3) is 6.08 Å². The first kappa shape index (κ1) is 23.8. The van der Waals surface area contributed by atoms with Gasteiger partial charge in [0.2, 0.25) is 6.79 Å². The highest BCUT2D eigenvalue weighted by atomic mass is 16.7. The van der Waals surface area contributed by atoms with Crippen molar-refractivity contribution in [2.45, 2.75) is 45.3 Å². The fourth-order valence-electron chi connectivity index (χ4n) is 4.74. The average molecular weight is 484 g/mol. The van der Waals surface area contributed by atoms with Crippen LogP contribution in [0.2, 0.25) is 0 Å². The second-order valence-electron chi connectivity index (χ2n) is 9.70. The maximum atomic E-state index is 13.6. The normalized spacial score (nSPS) is 18.4. The van der Waals surface area contributed by atoms with E-state index in [0.717, 1.165) is 16.7 Å². The number of fused-ring (bicyclic) bond motifs is 2. The molecule has 36 heavy (non-hydrogen) atoms. The number of hydrogen-bond acceptors (Lipinski definition) is 5. The summed E-state index contributed by atoms with van der Waals surface area (Å²) in [5.41, 5.74) is 3.21. The lowest BCUT2D eigenvalue weighted by Crippen LogP contribution is -2.41. The standard InChI is InChI=1S/C30H29NO5/c1-19(2)22-11-8-20(3)23(15-22)17-31-26-7-5-4-6-25(26)30(34,29(31)33)16-24(32)12-9-21-10-13-27-28(14-21)36-18-35-27/h4-15,19,34H,16-18H2,1-3H3. The summed E-state index contributed by atoms with van der Waals surface area (Å²) in [5, 5.41) is 11.6. The molecule has 1 amide bonds. The highest BCUT2D eigenvalue weighted by molar-refractivity contribution is 6.10. The van der Waals surface area contributed by atoms with Crippen LogP contribution >= 0.6 is 0 Å². The van der Waals surface area contributed by atoms with E-state index in [4.69, 9.17) is 9.47 Å². The first-order valence-electron chi connectivity index (χ1n) is 12.1. The van der Waals surface area contributed by atoms with Gasteiger partial charge in [0.25, 0.3) is 5.91 Å². The van der Waals surface area contributed by atoms with E-state index in [1.165, 1.54) is 11.6 Å². The monoisotopic (exact) mass is 483 g/mol. The Morgan fingerprint density at radius 2 is 1.86 bits per heavy atom. The molecule has 0 bridgehead atoms. The Balaban J connectivity index is 1.39. The van der Waals surface area contributed by atoms with Crippen LogP contribution in [0.4, 0.5) is 5.69 Å². The van der Waals surface area contributed by atoms with Gasteiger partial charge in [-0.2, -0.15) is 0 Å². The molecule has 0 fully saturated rings. The summed E-state index contributed by atoms with van der Waals surface area (Å²) in [6.07, 6.45) is 2.70. The van der Waals surface area contributed by atoms with E-state index >= 15 is 0 Å². The molecule has 0 aliphatic carbocycles. The van der Waals surface area contributed by atoms with Crippen molar-refractivity contribution in [3.63, 3.8) is 0 Å². The molecule has 1 N–H and O–H groups in total. The molecule has 3 aromatic carbocycles. The van der Waals surface area contributed by atoms with Crippen molar-refractivity contribution in [1.82, 2.24) is 0 Å². The molecule has 5 rings (SSSR count). The third kappa shape index (κ3) is 4.29. The number of allylic oxidation sites excluding steroid dienone is 1. The van der Waals surface area contributed by atoms with Crippen LogP contribution in [-0.4, -0.2) is 23.6 Å². The van der Waals surface area contributed by atoms with Crippen molar-refractivity contribution in [2.24, 2.45) is 0 Å². The van der Waals surface area contributed by atoms with Crippen LogP contribution in [0.5, 0.6) is 11.5 Å². The third-order valence-corrected chi connectivity index (χ3v) is 6.90. The van der Waals surface area contributed by atoms with E-state index < -0.39 is 11.5 Å². The highest BCUT2D eigenvalue weighted by Gasteiger charge is 2.50. The van der Waals surface area contributed by atoms with Gasteiger partial charge in [0, 0.05) is 5.56 Å². The summed E-state index contributed by atoms with van der Waals surface area (Å²) in [4.78, 5) is 28.2. The number of carbonyl (C=O) groups excluding carboxylic acids is 2. The summed E-state index contributed by atoms with van der Waals surface area (Å²) in [6, 6.07) is 18.8. The molecule has 0 aromatic heterocycles. The van der Waals surface area contributed by atoms with Crippen LogP contribution < -0.4 is 14.4 Å². The van der Waals surface area contributed by atoms with Gasteiger partial charge in [0.05, 0.1) is 18.7 Å². The molecule has 1 atom stereocenters. The zero-order valence-corrected chi connectivity index (χ0v) is 20.7. The molecular weight excluding hydrogens is 454 g/mol. The maximum absolute atomic E-state index is 13.6. The Labute approximate surface area is 210 Å². The van der Waals surface area contributed by atoms with Gasteiger partial charge in [-0.1, -0.05) is 62.4 Å². The van der Waals surface area contributed by atoms with Crippen molar-refractivity contribution in [2.75, 3.05) is 11.7 Å². The zero-order valence-electron chi connectivity index (χ0n) is 20.7. The van der Waals surface area contributed by atoms with Gasteiger partial charge >= 0.3 is 0 Å². The van der Waals surface area contributed by atoms with Crippen molar-refractivity contribution < 1.29 is 24.2 Å². The van der Waals surface area contributed by atoms with Crippen LogP contribution in [-0.2, 0) is 21.7 Å². The first-order chi connectivity index (χ1) is 17.3. The van der Waals surface area contributed by atoms with Gasteiger partial charge in [0.1, 0.15) is 0 Å². The second-order valence-corrected chi connectivity index (χ2v) is 9.70. The van der Waals surface area contributed by atoms with Crippen molar-refractivity contribution in [3.8, 4) is 11.5 Å². The van der Waals surface area contributed by atoms with Crippen LogP contribution in [0.15, 0.2) is 66.7 Å². The molecule has 0 saturated carbocycles. The second kappa shape index (κ2) is 9.28. The zero-order chi connectivity index (χ0) is 25.4. The first-order valence-corrected chi connectivity index (χ1v) is 12.1. The molecule has 2 aliphatic heterocycles. The minimum Gasteiger partial charge on any atom is -0.454 e. The van der Waals surface area contributed by atoms with Gasteiger partial charge in [-0.05, 0) is 59.4 Å². The summed E-state index contributed by atoms with van der Waals surface area (Å²) in [5.74, 6) is 0.809. The molecule has 3 aromatic rings. The third-order valence-electron chi connectivity index (χ3n) is 6.90. The molecule has 0 spiro atoms. The van der Waals surface area contributed by atoms with Gasteiger partial charge in [0.15, 0.2) is 22.9 Å². The summed E-state index contributed by atoms with van der Waals surface area (Å²) in [7, 11) is 0. The summed E-state index contributed by atoms with van der Waals surface area (Å²) >= 11 is 0. The predicted molar refractivity (Wildman–Crippen MR) is 138 cm³/mol. The van der Waals surface area contributed by atoms with Crippen molar-refractivity contribution in [1.29, 1.82) is 0 Å². The Hall–Kier alpha value is -3.90. The van der Waals surface area contributed by atoms with E-state index in [-0.39, 0.29) is 19.0 Å². The van der Waals surface area contributed by atoms with Crippen LogP contribution in [0, 0.1) is 6.92 Å². The van der Waals surface area contributed by atoms with E-state index in [1.54, 1.807) is 35.2 Å². The fraction of sp³-hybridized carbons (Fsp3) is 0.267. The Bertz CT molecular complexity index is 1380. The lowest BCUT2D eigenvalue weighted by molar-refractivity contribution is -0.140. The average Bonchev–Trinajstić information content (AvgIpc) is 3.41. The van der Waals surface area contributed by atoms with E-state index in [9.17, 15) is 14.7 Å². The van der Waals surface area contributed by atoms with Gasteiger partial charge in [-0.15, -0.1) is 0 Å². The molecule has 0 radical (unpaired) electrons. The Morgan fingerprint density at radius 1 is 1.08 bits per heavy atom. The number of aryl methyl sites for hydroxylation is 1. The summed E-state index contributed by atoms with van der Waals surface area (Å²) in [6.45, 7) is 6.78. The summed E-state index contributed by atoms with van der Waals surface area (Å²) < 4.78 is 10.7. The van der Waals surface area contributed by atoms with Crippen LogP contribution in [0.3, 0.4) is 0 Å². The van der Waals surface area contributed by atoms with E-state index in [2.05, 4.69) is 32.0 Å². The lowest BCUT2D eigenvalue weighted by Gasteiger charge is -2.23. The minimum absolute atomic E-state index is 0.174. The lowest BCUT2D eigenvalue weighted by atomic mass is 9.89. The van der Waals surface area contributed by atoms with Crippen molar-refractivity contribution >= 4 is 23.5 Å². The molecule has 6 nitrogen and oxygen atoms in total. The molecule has 184 valence electrons. The topological polar surface area (TPSA) is 76.1 Å². The number of amides is 1. The molecular formula is C30H29NO5. The number of aliphatic hydroxyl groups is 1. The molecule has 2 aliphatic rings.